The molecule has 0 aliphatic carbocycles. The molecule has 1 aliphatic heterocycles. The normalized spacial score (nSPS) is 16.9. The maximum absolute atomic E-state index is 12.3. The molecular formula is C13H8IN3O2S. The number of amides is 2. The predicted molar refractivity (Wildman–Crippen MR) is 84.9 cm³/mol. The number of hydrogen-bond acceptors (Lipinski definition) is 4. The number of rotatable bonds is 2. The van der Waals surface area contributed by atoms with E-state index in [1.807, 2.05) is 18.2 Å². The number of aromatic nitrogens is 1. The molecule has 1 aliphatic rings. The number of thiazole rings is 1. The lowest BCUT2D eigenvalue weighted by Gasteiger charge is -2.15. The summed E-state index contributed by atoms with van der Waals surface area (Å²) in [6, 6.07) is 7.35. The average molecular weight is 397 g/mol. The van der Waals surface area contributed by atoms with E-state index in [1.54, 1.807) is 17.6 Å². The van der Waals surface area contributed by atoms with Crippen molar-refractivity contribution in [1.82, 2.24) is 10.4 Å². The summed E-state index contributed by atoms with van der Waals surface area (Å²) in [4.78, 5) is 28.3. The first kappa shape index (κ1) is 13.3. The second-order valence-electron chi connectivity index (χ2n) is 3.96. The third kappa shape index (κ3) is 2.34. The molecule has 2 amide bonds. The minimum absolute atomic E-state index is 0.0969. The topological polar surface area (TPSA) is 62.3 Å². The first-order valence-electron chi connectivity index (χ1n) is 5.68. The molecule has 100 valence electrons. The van der Waals surface area contributed by atoms with Crippen molar-refractivity contribution in [1.29, 1.82) is 0 Å². The van der Waals surface area contributed by atoms with Gasteiger partial charge >= 0.3 is 0 Å². The van der Waals surface area contributed by atoms with Crippen LogP contribution < -0.4 is 10.4 Å². The van der Waals surface area contributed by atoms with Crippen molar-refractivity contribution < 1.29 is 9.59 Å². The zero-order valence-electron chi connectivity index (χ0n) is 10.0. The summed E-state index contributed by atoms with van der Waals surface area (Å²) in [5.41, 5.74) is 3.33. The van der Waals surface area contributed by atoms with Gasteiger partial charge < -0.3 is 0 Å². The van der Waals surface area contributed by atoms with Gasteiger partial charge in [-0.25, -0.2) is 9.99 Å². The predicted octanol–water partition coefficient (Wildman–Crippen LogP) is 2.21. The van der Waals surface area contributed by atoms with Gasteiger partial charge in [0.05, 0.1) is 5.69 Å². The molecule has 2 aromatic rings. The zero-order chi connectivity index (χ0) is 14.1. The Hall–Kier alpha value is -1.74. The Bertz CT molecular complexity index is 712. The minimum atomic E-state index is -0.412. The quantitative estimate of drug-likeness (QED) is 0.480. The van der Waals surface area contributed by atoms with Crippen molar-refractivity contribution in [3.05, 3.63) is 50.0 Å². The molecule has 7 heteroatoms. The van der Waals surface area contributed by atoms with E-state index in [4.69, 9.17) is 0 Å². The van der Waals surface area contributed by atoms with Crippen molar-refractivity contribution in [3.63, 3.8) is 0 Å². The number of halogens is 1. The third-order valence-corrected chi connectivity index (χ3v) is 4.34. The summed E-state index contributed by atoms with van der Waals surface area (Å²) >= 11 is 3.50. The molecule has 1 aromatic heterocycles. The van der Waals surface area contributed by atoms with Crippen LogP contribution in [0.15, 0.2) is 41.4 Å². The number of nitrogens with one attached hydrogen (secondary N) is 1. The van der Waals surface area contributed by atoms with E-state index in [0.29, 0.717) is 10.7 Å². The Kier molecular flexibility index (Phi) is 3.53. The van der Waals surface area contributed by atoms with E-state index in [9.17, 15) is 9.59 Å². The highest BCUT2D eigenvalue weighted by Gasteiger charge is 2.35. The van der Waals surface area contributed by atoms with Crippen LogP contribution in [0.25, 0.3) is 6.08 Å². The van der Waals surface area contributed by atoms with Gasteiger partial charge in [-0.3, -0.25) is 15.0 Å². The number of hydrazine groups is 1. The highest BCUT2D eigenvalue weighted by molar-refractivity contribution is 14.1. The fraction of sp³-hybridized carbons (Fsp3) is 0. The lowest BCUT2D eigenvalue weighted by atomic mass is 10.2. The summed E-state index contributed by atoms with van der Waals surface area (Å²) < 4.78 is 0.884. The fourth-order valence-electron chi connectivity index (χ4n) is 1.79. The van der Waals surface area contributed by atoms with Gasteiger partial charge in [-0.15, -0.1) is 11.3 Å². The van der Waals surface area contributed by atoms with Crippen LogP contribution >= 0.6 is 33.9 Å². The lowest BCUT2D eigenvalue weighted by molar-refractivity contribution is -0.117. The van der Waals surface area contributed by atoms with Crippen molar-refractivity contribution in [2.75, 3.05) is 5.01 Å². The number of anilines is 1. The molecule has 1 aromatic carbocycles. The van der Waals surface area contributed by atoms with E-state index < -0.39 is 5.91 Å². The molecule has 0 saturated carbocycles. The second-order valence-corrected chi connectivity index (χ2v) is 6.05. The van der Waals surface area contributed by atoms with E-state index in [0.717, 1.165) is 3.57 Å². The maximum Gasteiger partial charge on any atom is 0.282 e. The summed E-state index contributed by atoms with van der Waals surface area (Å²) in [6.07, 6.45) is 3.14. The van der Waals surface area contributed by atoms with Crippen LogP contribution in [0.5, 0.6) is 0 Å². The minimum Gasteiger partial charge on any atom is -0.267 e. The highest BCUT2D eigenvalue weighted by Crippen LogP contribution is 2.26. The fourth-order valence-corrected chi connectivity index (χ4v) is 2.99. The van der Waals surface area contributed by atoms with Crippen LogP contribution in [-0.2, 0) is 9.59 Å². The van der Waals surface area contributed by atoms with Crippen LogP contribution in [0.1, 0.15) is 5.01 Å². The van der Waals surface area contributed by atoms with Gasteiger partial charge in [-0.05, 0) is 40.8 Å². The second kappa shape index (κ2) is 5.33. The molecule has 0 radical (unpaired) electrons. The highest BCUT2D eigenvalue weighted by atomic mass is 127. The molecule has 0 atom stereocenters. The molecule has 2 heterocycles. The molecule has 1 N–H and O–H groups in total. The van der Waals surface area contributed by atoms with E-state index in [-0.39, 0.29) is 11.5 Å². The maximum atomic E-state index is 12.3. The Morgan fingerprint density at radius 3 is 2.80 bits per heavy atom. The molecule has 0 bridgehead atoms. The molecule has 1 fully saturated rings. The van der Waals surface area contributed by atoms with Crippen LogP contribution in [0.2, 0.25) is 0 Å². The number of para-hydroxylation sites is 1. The van der Waals surface area contributed by atoms with Crippen LogP contribution in [0.3, 0.4) is 0 Å². The smallest absolute Gasteiger partial charge is 0.267 e. The first-order valence-corrected chi connectivity index (χ1v) is 7.64. The summed E-state index contributed by atoms with van der Waals surface area (Å²) in [7, 11) is 0. The van der Waals surface area contributed by atoms with Crippen LogP contribution in [-0.4, -0.2) is 16.8 Å². The Labute approximate surface area is 132 Å². The Balaban J connectivity index is 1.97. The van der Waals surface area contributed by atoms with Gasteiger partial charge in [0.25, 0.3) is 11.8 Å². The summed E-state index contributed by atoms with van der Waals surface area (Å²) in [6.45, 7) is 0. The van der Waals surface area contributed by atoms with Gasteiger partial charge in [0.15, 0.2) is 0 Å². The summed E-state index contributed by atoms with van der Waals surface area (Å²) in [5.74, 6) is -0.779. The van der Waals surface area contributed by atoms with Gasteiger partial charge in [-0.1, -0.05) is 12.1 Å². The summed E-state index contributed by atoms with van der Waals surface area (Å²) in [5, 5.41) is 3.69. The molecule has 0 unspecified atom stereocenters. The van der Waals surface area contributed by atoms with Gasteiger partial charge in [-0.2, -0.15) is 0 Å². The SMILES string of the molecule is O=C1NN(c2ccccc2I)C(=O)/C1=C\c1nccs1. The van der Waals surface area contributed by atoms with Crippen LogP contribution in [0, 0.1) is 3.57 Å². The zero-order valence-corrected chi connectivity index (χ0v) is 13.0. The van der Waals surface area contributed by atoms with Crippen molar-refractivity contribution >= 4 is 57.5 Å². The largest absolute Gasteiger partial charge is 0.282 e. The van der Waals surface area contributed by atoms with E-state index >= 15 is 0 Å². The van der Waals surface area contributed by atoms with E-state index in [2.05, 4.69) is 33.0 Å². The third-order valence-electron chi connectivity index (χ3n) is 2.70. The first-order chi connectivity index (χ1) is 9.66. The lowest BCUT2D eigenvalue weighted by Crippen LogP contribution is -2.36. The monoisotopic (exact) mass is 397 g/mol. The average Bonchev–Trinajstić information content (AvgIpc) is 3.03. The number of carbonyl (C=O) groups excluding carboxylic acids is 2. The molecule has 0 spiro atoms. The number of carbonyl (C=O) groups is 2. The van der Waals surface area contributed by atoms with Crippen molar-refractivity contribution in [2.24, 2.45) is 0 Å². The Morgan fingerprint density at radius 1 is 1.30 bits per heavy atom. The molecular weight excluding hydrogens is 389 g/mol. The molecule has 20 heavy (non-hydrogen) atoms. The molecule has 1 saturated heterocycles. The number of hydrogen-bond donors (Lipinski definition) is 1. The standard InChI is InChI=1S/C13H8IN3O2S/c14-9-3-1-2-4-10(9)17-13(19)8(12(18)16-17)7-11-15-5-6-20-11/h1-7H,(H,16,18)/b8-7-. The molecule has 5 nitrogen and oxygen atoms in total. The van der Waals surface area contributed by atoms with Gasteiger partial charge in [0, 0.05) is 15.1 Å². The van der Waals surface area contributed by atoms with Gasteiger partial charge in [0.2, 0.25) is 0 Å². The molecule has 3 rings (SSSR count). The van der Waals surface area contributed by atoms with Crippen LogP contribution in [0.4, 0.5) is 5.69 Å². The van der Waals surface area contributed by atoms with Gasteiger partial charge in [0.1, 0.15) is 10.6 Å². The number of benzene rings is 1. The van der Waals surface area contributed by atoms with Crippen molar-refractivity contribution in [3.8, 4) is 0 Å². The van der Waals surface area contributed by atoms with E-state index in [1.165, 1.54) is 22.4 Å². The van der Waals surface area contributed by atoms with Crippen molar-refractivity contribution in [2.45, 2.75) is 0 Å². The Morgan fingerprint density at radius 2 is 2.10 bits per heavy atom. The number of nitrogens with zero attached hydrogens (tertiary/aromatic N) is 2.